The fourth-order valence-electron chi connectivity index (χ4n) is 1.42. The number of nitrogens with one attached hydrogen (secondary N) is 1. The minimum Gasteiger partial charge on any atom is -0.444 e. The molecule has 1 aliphatic carbocycles. The van der Waals surface area contributed by atoms with E-state index < -0.39 is 11.7 Å². The third-order valence-electron chi connectivity index (χ3n) is 2.21. The van der Waals surface area contributed by atoms with Crippen molar-refractivity contribution in [3.63, 3.8) is 0 Å². The molecule has 0 spiro atoms. The molecule has 0 unspecified atom stereocenters. The van der Waals surface area contributed by atoms with Crippen molar-refractivity contribution in [2.45, 2.75) is 32.8 Å². The molecule has 1 rings (SSSR count). The van der Waals surface area contributed by atoms with Crippen molar-refractivity contribution in [3.05, 3.63) is 22.2 Å². The highest BCUT2D eigenvalue weighted by molar-refractivity contribution is 9.12. The first-order valence-electron chi connectivity index (χ1n) is 5.83. The maximum Gasteiger partial charge on any atom is 0.407 e. The van der Waals surface area contributed by atoms with Gasteiger partial charge in [0, 0.05) is 12.1 Å². The van der Waals surface area contributed by atoms with Crippen LogP contribution in [0, 0.1) is 0 Å². The number of hydrogen-bond donors (Lipinski definition) is 1. The Labute approximate surface area is 120 Å². The topological polar surface area (TPSA) is 72.5 Å². The molecule has 6 heteroatoms. The molecule has 0 aromatic heterocycles. The molecule has 0 atom stereocenters. The lowest BCUT2D eigenvalue weighted by atomic mass is 10.0. The SMILES string of the molecule is CC(C)(C)OC(=O)NCCC1=C(Br)C(=O)C=CC1=O. The van der Waals surface area contributed by atoms with Crippen molar-refractivity contribution in [2.24, 2.45) is 0 Å². The van der Waals surface area contributed by atoms with Gasteiger partial charge in [0.05, 0.1) is 4.48 Å². The number of rotatable bonds is 3. The smallest absolute Gasteiger partial charge is 0.407 e. The number of ether oxygens (including phenoxy) is 1. The fraction of sp³-hybridized carbons (Fsp3) is 0.462. The lowest BCUT2D eigenvalue weighted by Gasteiger charge is -2.19. The molecule has 1 aliphatic rings. The summed E-state index contributed by atoms with van der Waals surface area (Å²) in [5.41, 5.74) is -0.202. The number of allylic oxidation sites excluding steroid dienone is 3. The number of alkyl carbamates (subject to hydrolysis) is 1. The fourth-order valence-corrected chi connectivity index (χ4v) is 1.94. The molecule has 0 radical (unpaired) electrons. The summed E-state index contributed by atoms with van der Waals surface area (Å²) in [6, 6.07) is 0. The molecule has 104 valence electrons. The Kier molecular flexibility index (Phi) is 5.05. The first-order chi connectivity index (χ1) is 8.70. The van der Waals surface area contributed by atoms with Crippen molar-refractivity contribution >= 4 is 33.6 Å². The zero-order chi connectivity index (χ0) is 14.6. The van der Waals surface area contributed by atoms with E-state index in [0.29, 0.717) is 5.57 Å². The van der Waals surface area contributed by atoms with Crippen LogP contribution in [0.4, 0.5) is 4.79 Å². The highest BCUT2D eigenvalue weighted by Gasteiger charge is 2.21. The second kappa shape index (κ2) is 6.14. The van der Waals surface area contributed by atoms with Gasteiger partial charge in [-0.3, -0.25) is 9.59 Å². The third-order valence-corrected chi connectivity index (χ3v) is 3.08. The predicted octanol–water partition coefficient (Wildman–Crippen LogP) is 2.26. The van der Waals surface area contributed by atoms with Crippen molar-refractivity contribution < 1.29 is 19.1 Å². The molecule has 0 bridgehead atoms. The molecule has 0 saturated heterocycles. The van der Waals surface area contributed by atoms with Crippen LogP contribution in [-0.2, 0) is 14.3 Å². The molecule has 0 aromatic rings. The summed E-state index contributed by atoms with van der Waals surface area (Å²) in [5, 5.41) is 2.54. The van der Waals surface area contributed by atoms with E-state index in [1.54, 1.807) is 20.8 Å². The van der Waals surface area contributed by atoms with Crippen LogP contribution in [-0.4, -0.2) is 29.8 Å². The Morgan fingerprint density at radius 1 is 1.26 bits per heavy atom. The zero-order valence-corrected chi connectivity index (χ0v) is 12.7. The summed E-state index contributed by atoms with van der Waals surface area (Å²) in [5.74, 6) is -0.468. The molecule has 0 aromatic carbocycles. The van der Waals surface area contributed by atoms with Crippen LogP contribution in [0.5, 0.6) is 0 Å². The lowest BCUT2D eigenvalue weighted by molar-refractivity contribution is -0.114. The normalized spacial score (nSPS) is 15.8. The third kappa shape index (κ3) is 4.98. The summed E-state index contributed by atoms with van der Waals surface area (Å²) in [6.07, 6.45) is 2.18. The van der Waals surface area contributed by atoms with E-state index in [-0.39, 0.29) is 29.0 Å². The Hall–Kier alpha value is -1.43. The van der Waals surface area contributed by atoms with Crippen LogP contribution in [0.15, 0.2) is 22.2 Å². The predicted molar refractivity (Wildman–Crippen MR) is 74.0 cm³/mol. The van der Waals surface area contributed by atoms with Crippen LogP contribution in [0.2, 0.25) is 0 Å². The van der Waals surface area contributed by atoms with Crippen molar-refractivity contribution in [1.82, 2.24) is 5.32 Å². The Morgan fingerprint density at radius 3 is 2.42 bits per heavy atom. The second-order valence-corrected chi connectivity index (χ2v) is 5.83. The Bertz CT molecular complexity index is 472. The molecule has 0 fully saturated rings. The number of amides is 1. The molecule has 0 saturated carbocycles. The minimum absolute atomic E-state index is 0.225. The largest absolute Gasteiger partial charge is 0.444 e. The Morgan fingerprint density at radius 2 is 1.84 bits per heavy atom. The highest BCUT2D eigenvalue weighted by atomic mass is 79.9. The maximum absolute atomic E-state index is 11.6. The number of carbonyl (C=O) groups excluding carboxylic acids is 3. The average Bonchev–Trinajstić information content (AvgIpc) is 2.26. The summed E-state index contributed by atoms with van der Waals surface area (Å²) in [7, 11) is 0. The van der Waals surface area contributed by atoms with E-state index in [4.69, 9.17) is 4.74 Å². The average molecular weight is 330 g/mol. The number of hydrogen-bond acceptors (Lipinski definition) is 4. The molecule has 0 aliphatic heterocycles. The standard InChI is InChI=1S/C13H16BrNO4/c1-13(2,3)19-12(18)15-7-6-8-9(16)4-5-10(17)11(8)14/h4-5H,6-7H2,1-3H3,(H,15,18). The summed E-state index contributed by atoms with van der Waals surface area (Å²) < 4.78 is 5.31. The summed E-state index contributed by atoms with van der Waals surface area (Å²) >= 11 is 3.09. The van der Waals surface area contributed by atoms with Crippen molar-refractivity contribution in [1.29, 1.82) is 0 Å². The zero-order valence-electron chi connectivity index (χ0n) is 11.1. The van der Waals surface area contributed by atoms with Gasteiger partial charge in [0.2, 0.25) is 0 Å². The van der Waals surface area contributed by atoms with Gasteiger partial charge in [-0.05, 0) is 55.3 Å². The van der Waals surface area contributed by atoms with E-state index in [2.05, 4.69) is 21.2 Å². The number of ketones is 2. The molecular weight excluding hydrogens is 314 g/mol. The van der Waals surface area contributed by atoms with Crippen molar-refractivity contribution in [2.75, 3.05) is 6.54 Å². The van der Waals surface area contributed by atoms with Gasteiger partial charge >= 0.3 is 6.09 Å². The van der Waals surface area contributed by atoms with E-state index >= 15 is 0 Å². The maximum atomic E-state index is 11.6. The van der Waals surface area contributed by atoms with Gasteiger partial charge in [-0.1, -0.05) is 0 Å². The second-order valence-electron chi connectivity index (χ2n) is 5.03. The number of carbonyl (C=O) groups is 3. The van der Waals surface area contributed by atoms with E-state index in [1.165, 1.54) is 12.2 Å². The molecule has 1 amide bonds. The summed E-state index contributed by atoms with van der Waals surface area (Å²) in [6.45, 7) is 5.52. The van der Waals surface area contributed by atoms with Crippen LogP contribution in [0.3, 0.4) is 0 Å². The molecular formula is C13H16BrNO4. The van der Waals surface area contributed by atoms with Crippen LogP contribution in [0.25, 0.3) is 0 Å². The van der Waals surface area contributed by atoms with Crippen LogP contribution in [0.1, 0.15) is 27.2 Å². The van der Waals surface area contributed by atoms with Crippen LogP contribution >= 0.6 is 15.9 Å². The van der Waals surface area contributed by atoms with Gasteiger partial charge in [0.1, 0.15) is 5.60 Å². The first-order valence-corrected chi connectivity index (χ1v) is 6.62. The quantitative estimate of drug-likeness (QED) is 0.806. The minimum atomic E-state index is -0.566. The molecule has 1 N–H and O–H groups in total. The lowest BCUT2D eigenvalue weighted by Crippen LogP contribution is -2.33. The van der Waals surface area contributed by atoms with Crippen molar-refractivity contribution in [3.8, 4) is 0 Å². The Balaban J connectivity index is 2.49. The van der Waals surface area contributed by atoms with E-state index in [1.807, 2.05) is 0 Å². The summed E-state index contributed by atoms with van der Waals surface area (Å²) in [4.78, 5) is 34.4. The van der Waals surface area contributed by atoms with E-state index in [0.717, 1.165) is 0 Å². The highest BCUT2D eigenvalue weighted by Crippen LogP contribution is 2.21. The monoisotopic (exact) mass is 329 g/mol. The molecule has 0 heterocycles. The van der Waals surface area contributed by atoms with Gasteiger partial charge in [-0.2, -0.15) is 0 Å². The van der Waals surface area contributed by atoms with E-state index in [9.17, 15) is 14.4 Å². The molecule has 19 heavy (non-hydrogen) atoms. The molecule has 5 nitrogen and oxygen atoms in total. The van der Waals surface area contributed by atoms with Gasteiger partial charge in [-0.25, -0.2) is 4.79 Å². The number of halogens is 1. The van der Waals surface area contributed by atoms with Gasteiger partial charge in [0.25, 0.3) is 0 Å². The van der Waals surface area contributed by atoms with Gasteiger partial charge in [0.15, 0.2) is 11.6 Å². The van der Waals surface area contributed by atoms with Crippen LogP contribution < -0.4 is 5.32 Å². The van der Waals surface area contributed by atoms with Gasteiger partial charge < -0.3 is 10.1 Å². The first kappa shape index (κ1) is 15.6. The van der Waals surface area contributed by atoms with Gasteiger partial charge in [-0.15, -0.1) is 0 Å².